The van der Waals surface area contributed by atoms with Crippen molar-refractivity contribution in [3.05, 3.63) is 21.1 Å². The number of hydrogen-bond donors (Lipinski definition) is 3. The molecule has 1 atom stereocenters. The Morgan fingerprint density at radius 3 is 2.67 bits per heavy atom. The fourth-order valence-electron chi connectivity index (χ4n) is 3.05. The van der Waals surface area contributed by atoms with Crippen molar-refractivity contribution in [2.75, 3.05) is 4.72 Å². The number of nitrogens with one attached hydrogen (secondary N) is 2. The lowest BCUT2D eigenvalue weighted by atomic mass is 9.94. The third kappa shape index (κ3) is 4.77. The van der Waals surface area contributed by atoms with Crippen LogP contribution in [0.4, 0.5) is 0 Å². The summed E-state index contributed by atoms with van der Waals surface area (Å²) in [6, 6.07) is 1.47. The molecular weight excluding hydrogens is 474 g/mol. The lowest BCUT2D eigenvalue weighted by Gasteiger charge is -2.25. The van der Waals surface area contributed by atoms with Gasteiger partial charge in [0.2, 0.25) is 14.9 Å². The molecule has 11 heteroatoms. The number of carbonyl (C=O) groups excluding carboxylic acids is 1. The van der Waals surface area contributed by atoms with Crippen molar-refractivity contribution in [3.8, 4) is 10.4 Å². The van der Waals surface area contributed by atoms with Gasteiger partial charge in [0.15, 0.2) is 0 Å². The number of aliphatic hydroxyl groups excluding tert-OH is 1. The number of rotatable bonds is 5. The van der Waals surface area contributed by atoms with E-state index in [1.54, 1.807) is 11.6 Å². The number of amides is 1. The maximum absolute atomic E-state index is 12.8. The van der Waals surface area contributed by atoms with Gasteiger partial charge in [-0.2, -0.15) is 0 Å². The first-order valence-corrected chi connectivity index (χ1v) is 12.8. The maximum atomic E-state index is 12.8. The molecule has 0 bridgehead atoms. The van der Waals surface area contributed by atoms with E-state index in [2.05, 4.69) is 30.4 Å². The van der Waals surface area contributed by atoms with Gasteiger partial charge in [0.1, 0.15) is 20.6 Å². The van der Waals surface area contributed by atoms with Gasteiger partial charge < -0.3 is 5.11 Å². The van der Waals surface area contributed by atoms with Crippen molar-refractivity contribution in [3.63, 3.8) is 0 Å². The fraction of sp³-hybridized carbons (Fsp3) is 0.500. The van der Waals surface area contributed by atoms with Gasteiger partial charge in [0, 0.05) is 13.0 Å². The number of aryl methyl sites for hydroxylation is 1. The van der Waals surface area contributed by atoms with Crippen LogP contribution in [0, 0.1) is 6.92 Å². The van der Waals surface area contributed by atoms with E-state index in [4.69, 9.17) is 0 Å². The minimum atomic E-state index is -3.66. The molecule has 3 N–H and O–H groups in total. The maximum Gasteiger partial charge on any atom is 0.261 e. The summed E-state index contributed by atoms with van der Waals surface area (Å²) in [5, 5.41) is 9.59. The van der Waals surface area contributed by atoms with Gasteiger partial charge in [-0.3, -0.25) is 4.79 Å². The molecular formula is C16H21BrN3O4S3+. The van der Waals surface area contributed by atoms with Crippen LogP contribution in [0.1, 0.15) is 38.3 Å². The predicted octanol–water partition coefficient (Wildman–Crippen LogP) is 3.30. The van der Waals surface area contributed by atoms with Crippen molar-refractivity contribution >= 4 is 53.9 Å². The van der Waals surface area contributed by atoms with E-state index >= 15 is 0 Å². The largest absolute Gasteiger partial charge is 0.393 e. The van der Waals surface area contributed by atoms with Crippen LogP contribution in [0.25, 0.3) is 10.4 Å². The molecule has 0 saturated heterocycles. The molecule has 0 aromatic carbocycles. The summed E-state index contributed by atoms with van der Waals surface area (Å²) < 4.78 is 32.1. The summed E-state index contributed by atoms with van der Waals surface area (Å²) in [6.07, 6.45) is 2.14. The van der Waals surface area contributed by atoms with E-state index < -0.39 is 20.7 Å². The van der Waals surface area contributed by atoms with E-state index in [0.717, 1.165) is 27.5 Å². The number of sulfonamides is 1. The number of nitrogens with zero attached hydrogens (tertiary/aromatic N) is 1. The average Bonchev–Trinajstić information content (AvgIpc) is 3.12. The highest BCUT2D eigenvalue weighted by Gasteiger charge is 2.31. The highest BCUT2D eigenvalue weighted by Crippen LogP contribution is 2.44. The molecule has 1 aliphatic rings. The van der Waals surface area contributed by atoms with Gasteiger partial charge in [0.25, 0.3) is 11.4 Å². The Hall–Kier alpha value is -0.850. The Morgan fingerprint density at radius 1 is 1.37 bits per heavy atom. The highest BCUT2D eigenvalue weighted by atomic mass is 79.9. The van der Waals surface area contributed by atoms with E-state index in [9.17, 15) is 18.3 Å². The van der Waals surface area contributed by atoms with E-state index in [0.29, 0.717) is 29.5 Å². The molecule has 0 aliphatic heterocycles. The Kier molecular flexibility index (Phi) is 6.38. The summed E-state index contributed by atoms with van der Waals surface area (Å²) in [5.41, 5.74) is 3.16. The van der Waals surface area contributed by atoms with E-state index in [-0.39, 0.29) is 22.3 Å². The van der Waals surface area contributed by atoms with Crippen molar-refractivity contribution in [1.82, 2.24) is 9.71 Å². The lowest BCUT2D eigenvalue weighted by molar-refractivity contribution is -0.113. The lowest BCUT2D eigenvalue weighted by Crippen LogP contribution is -2.38. The molecule has 0 radical (unpaired) electrons. The Bertz CT molecular complexity index is 946. The predicted molar refractivity (Wildman–Crippen MR) is 111 cm³/mol. The summed E-state index contributed by atoms with van der Waals surface area (Å²) in [7, 11) is -4.35. The molecule has 2 aromatic rings. The Balaban J connectivity index is 1.88. The quantitative estimate of drug-likeness (QED) is 0.552. The minimum Gasteiger partial charge on any atom is -0.393 e. The number of thiazole rings is 1. The second kappa shape index (κ2) is 8.26. The van der Waals surface area contributed by atoms with Crippen LogP contribution >= 0.6 is 37.9 Å². The molecule has 1 unspecified atom stereocenters. The standard InChI is InChI=1S/C16H20BrN3O4S3/c1-9-15(26(8-18-9)19-10(2)21)13-7-14(25-16(13)17)27(23,24)20-11-3-5-12(22)6-4-11/h7-8,11-12,20,22H,3-6H2,1-2H3/p+1. The smallest absolute Gasteiger partial charge is 0.261 e. The minimum absolute atomic E-state index is 0.160. The SMILES string of the molecule is CC(=O)N[s+]1cnc(C)c1-c1cc(S(=O)(=O)NC2CCC(O)CC2)sc1Br. The first-order valence-electron chi connectivity index (χ1n) is 8.43. The topological polar surface area (TPSA) is 108 Å². The molecule has 1 aliphatic carbocycles. The van der Waals surface area contributed by atoms with Gasteiger partial charge in [-0.15, -0.1) is 16.1 Å². The number of carbonyl (C=O) groups is 1. The van der Waals surface area contributed by atoms with Gasteiger partial charge in [-0.25, -0.2) is 18.1 Å². The molecule has 2 heterocycles. The van der Waals surface area contributed by atoms with Crippen molar-refractivity contribution < 1.29 is 18.3 Å². The second-order valence-corrected chi connectivity index (χ2v) is 12.3. The molecule has 27 heavy (non-hydrogen) atoms. The molecule has 1 saturated carbocycles. The zero-order valence-electron chi connectivity index (χ0n) is 14.9. The Morgan fingerprint density at radius 2 is 2.04 bits per heavy atom. The monoisotopic (exact) mass is 494 g/mol. The molecule has 0 spiro atoms. The zero-order valence-corrected chi connectivity index (χ0v) is 18.9. The van der Waals surface area contributed by atoms with Crippen molar-refractivity contribution in [2.45, 2.75) is 55.9 Å². The van der Waals surface area contributed by atoms with E-state index in [1.807, 2.05) is 6.92 Å². The molecule has 7 nitrogen and oxygen atoms in total. The van der Waals surface area contributed by atoms with Crippen LogP contribution in [0.2, 0.25) is 0 Å². The van der Waals surface area contributed by atoms with Crippen LogP contribution < -0.4 is 9.44 Å². The number of hydrogen-bond acceptors (Lipinski definition) is 6. The normalized spacial score (nSPS) is 21.3. The number of halogens is 1. The average molecular weight is 495 g/mol. The number of aromatic nitrogens is 1. The van der Waals surface area contributed by atoms with Gasteiger partial charge in [0.05, 0.1) is 15.5 Å². The third-order valence-corrected chi connectivity index (χ3v) is 9.96. The summed E-state index contributed by atoms with van der Waals surface area (Å²) in [4.78, 5) is 16.6. The summed E-state index contributed by atoms with van der Waals surface area (Å²) in [6.45, 7) is 3.28. The van der Waals surface area contributed by atoms with Crippen molar-refractivity contribution in [1.29, 1.82) is 0 Å². The molecule has 148 valence electrons. The first-order chi connectivity index (χ1) is 12.7. The highest BCUT2D eigenvalue weighted by molar-refractivity contribution is 9.11. The van der Waals surface area contributed by atoms with Crippen LogP contribution in [-0.2, 0) is 14.8 Å². The third-order valence-electron chi connectivity index (χ3n) is 4.35. The summed E-state index contributed by atoms with van der Waals surface area (Å²) >= 11 is 4.61. The summed E-state index contributed by atoms with van der Waals surface area (Å²) in [5.74, 6) is -0.169. The van der Waals surface area contributed by atoms with Crippen LogP contribution in [-0.4, -0.2) is 36.6 Å². The molecule has 2 aromatic heterocycles. The molecule has 3 rings (SSSR count). The van der Waals surface area contributed by atoms with Gasteiger partial charge in [-0.05, 0) is 54.6 Å². The molecule has 1 fully saturated rings. The zero-order chi connectivity index (χ0) is 19.8. The molecule has 1 amide bonds. The Labute approximate surface area is 173 Å². The van der Waals surface area contributed by atoms with Crippen LogP contribution in [0.3, 0.4) is 0 Å². The van der Waals surface area contributed by atoms with Crippen LogP contribution in [0.15, 0.2) is 19.6 Å². The van der Waals surface area contributed by atoms with Gasteiger partial charge in [-0.1, -0.05) is 0 Å². The number of aliphatic hydroxyl groups is 1. The first kappa shape index (κ1) is 20.9. The van der Waals surface area contributed by atoms with Crippen molar-refractivity contribution in [2.24, 2.45) is 0 Å². The van der Waals surface area contributed by atoms with E-state index in [1.165, 1.54) is 6.92 Å². The second-order valence-electron chi connectivity index (χ2n) is 6.52. The van der Waals surface area contributed by atoms with Crippen LogP contribution in [0.5, 0.6) is 0 Å². The number of thiophene rings is 1. The van der Waals surface area contributed by atoms with Gasteiger partial charge >= 0.3 is 0 Å². The fourth-order valence-corrected chi connectivity index (χ4v) is 8.53.